The molecule has 0 radical (unpaired) electrons. The molecular formula is C13H22. The molecule has 0 heteroatoms. The third-order valence-corrected chi connectivity index (χ3v) is 5.23. The molecule has 2 bridgehead atoms. The zero-order valence-electron chi connectivity index (χ0n) is 9.48. The van der Waals surface area contributed by atoms with Gasteiger partial charge in [-0.25, -0.2) is 0 Å². The van der Waals surface area contributed by atoms with Crippen LogP contribution in [-0.2, 0) is 0 Å². The van der Waals surface area contributed by atoms with Gasteiger partial charge in [-0.2, -0.15) is 0 Å². The Morgan fingerprint density at radius 1 is 1.38 bits per heavy atom. The van der Waals surface area contributed by atoms with Crippen molar-refractivity contribution in [2.45, 2.75) is 47.0 Å². The largest absolute Gasteiger partial charge is 0.100 e. The van der Waals surface area contributed by atoms with E-state index in [0.29, 0.717) is 10.8 Å². The van der Waals surface area contributed by atoms with E-state index in [1.165, 1.54) is 24.8 Å². The quantitative estimate of drug-likeness (QED) is 0.560. The van der Waals surface area contributed by atoms with Crippen molar-refractivity contribution in [3.8, 4) is 0 Å². The van der Waals surface area contributed by atoms with Crippen molar-refractivity contribution in [2.75, 3.05) is 0 Å². The van der Waals surface area contributed by atoms with Crippen LogP contribution in [0.4, 0.5) is 0 Å². The summed E-state index contributed by atoms with van der Waals surface area (Å²) >= 11 is 0. The molecule has 3 saturated carbocycles. The van der Waals surface area contributed by atoms with Gasteiger partial charge in [0.05, 0.1) is 0 Å². The molecule has 0 saturated heterocycles. The van der Waals surface area contributed by atoms with Crippen LogP contribution in [0.25, 0.3) is 0 Å². The normalized spacial score (nSPS) is 45.8. The fourth-order valence-corrected chi connectivity index (χ4v) is 3.77. The van der Waals surface area contributed by atoms with Crippen LogP contribution in [0.5, 0.6) is 0 Å². The van der Waals surface area contributed by atoms with E-state index in [0.717, 1.165) is 11.8 Å². The molecule has 0 nitrogen and oxygen atoms in total. The van der Waals surface area contributed by atoms with Crippen LogP contribution < -0.4 is 0 Å². The fourth-order valence-electron chi connectivity index (χ4n) is 3.77. The minimum Gasteiger partial charge on any atom is -0.100 e. The highest BCUT2D eigenvalue weighted by molar-refractivity contribution is 5.16. The molecule has 0 aliphatic heterocycles. The third kappa shape index (κ3) is 0.978. The topological polar surface area (TPSA) is 0 Å². The van der Waals surface area contributed by atoms with E-state index in [9.17, 15) is 0 Å². The van der Waals surface area contributed by atoms with Crippen LogP contribution in [0.2, 0.25) is 0 Å². The van der Waals surface area contributed by atoms with E-state index in [4.69, 9.17) is 0 Å². The lowest BCUT2D eigenvalue weighted by Gasteiger charge is -2.55. The summed E-state index contributed by atoms with van der Waals surface area (Å²) in [6.07, 6.45) is 4.19. The Labute approximate surface area is 82.4 Å². The lowest BCUT2D eigenvalue weighted by Crippen LogP contribution is -2.47. The minimum absolute atomic E-state index is 0.604. The molecule has 0 spiro atoms. The van der Waals surface area contributed by atoms with Crippen LogP contribution in [0.1, 0.15) is 47.0 Å². The van der Waals surface area contributed by atoms with Gasteiger partial charge in [-0.3, -0.25) is 0 Å². The molecule has 0 aromatic heterocycles. The summed E-state index contributed by atoms with van der Waals surface area (Å²) in [6.45, 7) is 13.6. The zero-order valence-corrected chi connectivity index (χ0v) is 9.48. The van der Waals surface area contributed by atoms with Crippen LogP contribution in [0.3, 0.4) is 0 Å². The SMILES string of the molecule is C=C(C)CC1CC2CC1(C)C2(C)C. The summed E-state index contributed by atoms with van der Waals surface area (Å²) in [5.41, 5.74) is 2.60. The molecule has 3 unspecified atom stereocenters. The van der Waals surface area contributed by atoms with Crippen molar-refractivity contribution in [3.63, 3.8) is 0 Å². The van der Waals surface area contributed by atoms with Crippen molar-refractivity contribution in [2.24, 2.45) is 22.7 Å². The van der Waals surface area contributed by atoms with Crippen molar-refractivity contribution in [3.05, 3.63) is 12.2 Å². The van der Waals surface area contributed by atoms with E-state index < -0.39 is 0 Å². The van der Waals surface area contributed by atoms with Gasteiger partial charge < -0.3 is 0 Å². The lowest BCUT2D eigenvalue weighted by atomic mass is 9.50. The average Bonchev–Trinajstić information content (AvgIpc) is 2.38. The van der Waals surface area contributed by atoms with Gasteiger partial charge in [-0.1, -0.05) is 26.3 Å². The third-order valence-electron chi connectivity index (χ3n) is 5.23. The molecule has 0 aromatic rings. The Kier molecular flexibility index (Phi) is 1.72. The van der Waals surface area contributed by atoms with Gasteiger partial charge in [0, 0.05) is 0 Å². The van der Waals surface area contributed by atoms with Crippen LogP contribution in [0, 0.1) is 22.7 Å². The number of rotatable bonds is 2. The molecule has 3 atom stereocenters. The molecule has 3 aliphatic rings. The first-order valence-electron chi connectivity index (χ1n) is 5.52. The van der Waals surface area contributed by atoms with Gasteiger partial charge in [0.1, 0.15) is 0 Å². The fraction of sp³-hybridized carbons (Fsp3) is 0.846. The summed E-state index contributed by atoms with van der Waals surface area (Å²) in [4.78, 5) is 0. The monoisotopic (exact) mass is 178 g/mol. The van der Waals surface area contributed by atoms with E-state index in [2.05, 4.69) is 34.3 Å². The summed E-state index contributed by atoms with van der Waals surface area (Å²) in [5.74, 6) is 1.92. The van der Waals surface area contributed by atoms with E-state index >= 15 is 0 Å². The van der Waals surface area contributed by atoms with Gasteiger partial charge in [0.25, 0.3) is 0 Å². The minimum atomic E-state index is 0.604. The molecule has 0 heterocycles. The summed E-state index contributed by atoms with van der Waals surface area (Å²) in [7, 11) is 0. The maximum absolute atomic E-state index is 4.05. The standard InChI is InChI=1S/C13H22/c1-9(2)6-10-7-11-8-13(10,5)12(11,3)4/h10-11H,1,6-8H2,2-5H3. The number of hydrogen-bond acceptors (Lipinski definition) is 0. The molecule has 3 fully saturated rings. The maximum atomic E-state index is 4.05. The predicted octanol–water partition coefficient (Wildman–Crippen LogP) is 4.02. The molecule has 0 N–H and O–H groups in total. The Balaban J connectivity index is 2.15. The molecule has 13 heavy (non-hydrogen) atoms. The second-order valence-corrected chi connectivity index (χ2v) is 6.13. The summed E-state index contributed by atoms with van der Waals surface area (Å²) in [6, 6.07) is 0. The van der Waals surface area contributed by atoms with E-state index in [1.54, 1.807) is 0 Å². The molecular weight excluding hydrogens is 156 g/mol. The van der Waals surface area contributed by atoms with Crippen molar-refractivity contribution in [1.29, 1.82) is 0 Å². The predicted molar refractivity (Wildman–Crippen MR) is 57.5 cm³/mol. The second-order valence-electron chi connectivity index (χ2n) is 6.13. The lowest BCUT2D eigenvalue weighted by molar-refractivity contribution is -0.0588. The van der Waals surface area contributed by atoms with E-state index in [1.807, 2.05) is 0 Å². The number of allylic oxidation sites excluding steroid dienone is 1. The van der Waals surface area contributed by atoms with Gasteiger partial charge >= 0.3 is 0 Å². The zero-order chi connectivity index (χ0) is 9.85. The summed E-state index contributed by atoms with van der Waals surface area (Å²) < 4.78 is 0. The number of fused-ring (bicyclic) bond motifs is 1. The molecule has 3 rings (SSSR count). The highest BCUT2D eigenvalue weighted by Crippen LogP contribution is 2.73. The van der Waals surface area contributed by atoms with Gasteiger partial charge in [-0.15, -0.1) is 6.58 Å². The Morgan fingerprint density at radius 3 is 2.31 bits per heavy atom. The first kappa shape index (κ1) is 9.30. The average molecular weight is 178 g/mol. The Bertz CT molecular complexity index is 249. The number of hydrogen-bond donors (Lipinski definition) is 0. The van der Waals surface area contributed by atoms with Crippen LogP contribution >= 0.6 is 0 Å². The first-order valence-corrected chi connectivity index (χ1v) is 5.52. The van der Waals surface area contributed by atoms with E-state index in [-0.39, 0.29) is 0 Å². The smallest absolute Gasteiger partial charge is 0.0238 e. The highest BCUT2D eigenvalue weighted by Gasteiger charge is 2.65. The van der Waals surface area contributed by atoms with Gasteiger partial charge in [-0.05, 0) is 48.9 Å². The summed E-state index contributed by atoms with van der Waals surface area (Å²) in [5, 5.41) is 0. The van der Waals surface area contributed by atoms with Crippen molar-refractivity contribution < 1.29 is 0 Å². The van der Waals surface area contributed by atoms with Crippen LogP contribution in [0.15, 0.2) is 12.2 Å². The van der Waals surface area contributed by atoms with Gasteiger partial charge in [0.15, 0.2) is 0 Å². The van der Waals surface area contributed by atoms with Crippen molar-refractivity contribution >= 4 is 0 Å². The Morgan fingerprint density at radius 2 is 2.00 bits per heavy atom. The maximum Gasteiger partial charge on any atom is -0.0238 e. The molecule has 3 aliphatic carbocycles. The second kappa shape index (κ2) is 2.40. The molecule has 74 valence electrons. The Hall–Kier alpha value is -0.260. The van der Waals surface area contributed by atoms with Crippen LogP contribution in [-0.4, -0.2) is 0 Å². The molecule has 0 amide bonds. The van der Waals surface area contributed by atoms with Gasteiger partial charge in [0.2, 0.25) is 0 Å². The molecule has 0 aromatic carbocycles. The van der Waals surface area contributed by atoms with Crippen molar-refractivity contribution in [1.82, 2.24) is 0 Å². The first-order chi connectivity index (χ1) is 5.88. The highest BCUT2D eigenvalue weighted by atomic mass is 14.7.